The molecule has 3 aromatic rings. The Morgan fingerprint density at radius 3 is 2.87 bits per heavy atom. The molecule has 0 unspecified atom stereocenters. The number of pyridine rings is 1. The van der Waals surface area contributed by atoms with Gasteiger partial charge in [0.1, 0.15) is 5.52 Å². The molecule has 0 fully saturated rings. The summed E-state index contributed by atoms with van der Waals surface area (Å²) in [6, 6.07) is 7.07. The fourth-order valence-electron chi connectivity index (χ4n) is 2.52. The highest BCUT2D eigenvalue weighted by molar-refractivity contribution is 5.75. The van der Waals surface area contributed by atoms with Crippen molar-refractivity contribution in [3.63, 3.8) is 0 Å². The Morgan fingerprint density at radius 1 is 1.26 bits per heavy atom. The lowest BCUT2D eigenvalue weighted by molar-refractivity contribution is -0.137. The minimum Gasteiger partial charge on any atom is -0.481 e. The van der Waals surface area contributed by atoms with Crippen molar-refractivity contribution in [1.82, 2.24) is 14.0 Å². The van der Waals surface area contributed by atoms with Crippen molar-refractivity contribution in [3.8, 4) is 5.88 Å². The van der Waals surface area contributed by atoms with Gasteiger partial charge in [-0.05, 0) is 31.0 Å². The number of fused-ring (bicyclic) bond motifs is 3. The molecule has 0 spiro atoms. The number of rotatable bonds is 6. The number of unbranched alkanes of at least 4 members (excludes halogenated alkanes) is 1. The minimum atomic E-state index is -0.801. The predicted molar refractivity (Wildman–Crippen MR) is 84.9 cm³/mol. The second-order valence-corrected chi connectivity index (χ2v) is 5.32. The average Bonchev–Trinajstić information content (AvgIpc) is 3.02. The van der Waals surface area contributed by atoms with Crippen molar-refractivity contribution in [1.29, 1.82) is 0 Å². The van der Waals surface area contributed by atoms with Gasteiger partial charge in [-0.2, -0.15) is 4.98 Å². The molecule has 0 atom stereocenters. The smallest absolute Gasteiger partial charge is 0.303 e. The number of carboxylic acids is 1. The second-order valence-electron chi connectivity index (χ2n) is 5.32. The van der Waals surface area contributed by atoms with Crippen LogP contribution in [0.2, 0.25) is 0 Å². The largest absolute Gasteiger partial charge is 0.481 e. The lowest BCUT2D eigenvalue weighted by Gasteiger charge is -2.10. The third-order valence-electron chi connectivity index (χ3n) is 3.73. The van der Waals surface area contributed by atoms with E-state index in [4.69, 9.17) is 9.84 Å². The molecule has 0 saturated carbocycles. The van der Waals surface area contributed by atoms with Crippen LogP contribution in [0.4, 0.5) is 0 Å². The fourth-order valence-corrected chi connectivity index (χ4v) is 2.52. The molecular formula is C16H17N3O4. The van der Waals surface area contributed by atoms with Crippen LogP contribution in [0.25, 0.3) is 16.7 Å². The third kappa shape index (κ3) is 2.90. The molecule has 3 aromatic heterocycles. The molecule has 1 N–H and O–H groups in total. The maximum absolute atomic E-state index is 12.2. The van der Waals surface area contributed by atoms with Crippen LogP contribution >= 0.6 is 0 Å². The summed E-state index contributed by atoms with van der Waals surface area (Å²) in [5, 5.41) is 8.59. The summed E-state index contributed by atoms with van der Waals surface area (Å²) in [6.07, 6.45) is 3.15. The highest BCUT2D eigenvalue weighted by Crippen LogP contribution is 2.17. The van der Waals surface area contributed by atoms with Gasteiger partial charge >= 0.3 is 5.97 Å². The van der Waals surface area contributed by atoms with E-state index in [-0.39, 0.29) is 12.0 Å². The third-order valence-corrected chi connectivity index (χ3v) is 3.73. The van der Waals surface area contributed by atoms with Crippen LogP contribution < -0.4 is 10.3 Å². The highest BCUT2D eigenvalue weighted by Gasteiger charge is 2.10. The van der Waals surface area contributed by atoms with E-state index in [1.165, 1.54) is 0 Å². The summed E-state index contributed by atoms with van der Waals surface area (Å²) in [4.78, 5) is 27.2. The zero-order valence-corrected chi connectivity index (χ0v) is 12.7. The predicted octanol–water partition coefficient (Wildman–Crippen LogP) is 1.82. The molecular weight excluding hydrogens is 298 g/mol. The van der Waals surface area contributed by atoms with Crippen molar-refractivity contribution in [3.05, 3.63) is 40.8 Å². The molecule has 0 amide bonds. The molecule has 0 bridgehead atoms. The van der Waals surface area contributed by atoms with E-state index >= 15 is 0 Å². The molecule has 0 aromatic carbocycles. The molecule has 0 saturated heterocycles. The summed E-state index contributed by atoms with van der Waals surface area (Å²) < 4.78 is 8.90. The summed E-state index contributed by atoms with van der Waals surface area (Å²) in [7, 11) is 1.71. The fraction of sp³-hybridized carbons (Fsp3) is 0.312. The Hall–Kier alpha value is -2.83. The summed E-state index contributed by atoms with van der Waals surface area (Å²) in [5.41, 5.74) is 1.85. The average molecular weight is 315 g/mol. The molecule has 0 aliphatic carbocycles. The van der Waals surface area contributed by atoms with Crippen LogP contribution in [0.1, 0.15) is 19.3 Å². The number of carboxylic acid groups (broad SMARTS) is 1. The van der Waals surface area contributed by atoms with E-state index in [9.17, 15) is 9.59 Å². The Kier molecular flexibility index (Phi) is 4.01. The second kappa shape index (κ2) is 6.12. The zero-order valence-electron chi connectivity index (χ0n) is 12.7. The quantitative estimate of drug-likeness (QED) is 0.701. The topological polar surface area (TPSA) is 85.8 Å². The highest BCUT2D eigenvalue weighted by atomic mass is 16.5. The SMILES string of the molecule is Cn1c(=O)c2cccn2c2nc(OCCCCC(=O)O)ccc21. The lowest BCUT2D eigenvalue weighted by Crippen LogP contribution is -2.20. The maximum atomic E-state index is 12.2. The van der Waals surface area contributed by atoms with Crippen LogP contribution in [0, 0.1) is 0 Å². The van der Waals surface area contributed by atoms with Gasteiger partial charge in [0.15, 0.2) is 5.65 Å². The van der Waals surface area contributed by atoms with E-state index in [1.54, 1.807) is 46.5 Å². The van der Waals surface area contributed by atoms with Gasteiger partial charge in [-0.25, -0.2) is 0 Å². The number of ether oxygens (including phenoxy) is 1. The first-order valence-electron chi connectivity index (χ1n) is 7.39. The van der Waals surface area contributed by atoms with Crippen molar-refractivity contribution in [2.24, 2.45) is 7.05 Å². The van der Waals surface area contributed by atoms with Crippen LogP contribution in [-0.2, 0) is 11.8 Å². The van der Waals surface area contributed by atoms with Crippen molar-refractivity contribution >= 4 is 22.6 Å². The monoisotopic (exact) mass is 315 g/mol. The van der Waals surface area contributed by atoms with Crippen LogP contribution in [0.15, 0.2) is 35.3 Å². The first-order valence-corrected chi connectivity index (χ1v) is 7.39. The standard InChI is InChI=1S/C16H17N3O4/c1-18-11-7-8-13(23-10-3-2-6-14(20)21)17-15(11)19-9-4-5-12(19)16(18)22/h4-5,7-9H,2-3,6,10H2,1H3,(H,20,21). The molecule has 7 nitrogen and oxygen atoms in total. The van der Waals surface area contributed by atoms with Gasteiger partial charge < -0.3 is 14.4 Å². The van der Waals surface area contributed by atoms with Gasteiger partial charge in [0.05, 0.1) is 12.1 Å². The molecule has 120 valence electrons. The Labute approximate surface area is 131 Å². The number of aryl methyl sites for hydroxylation is 1. The van der Waals surface area contributed by atoms with E-state index in [1.807, 2.05) is 0 Å². The Morgan fingerprint density at radius 2 is 2.09 bits per heavy atom. The normalized spacial score (nSPS) is 11.2. The number of aromatic nitrogens is 3. The number of aliphatic carboxylic acids is 1. The molecule has 0 radical (unpaired) electrons. The van der Waals surface area contributed by atoms with Gasteiger partial charge in [-0.15, -0.1) is 0 Å². The van der Waals surface area contributed by atoms with E-state index < -0.39 is 5.97 Å². The molecule has 7 heteroatoms. The number of carbonyl (C=O) groups is 1. The van der Waals surface area contributed by atoms with Gasteiger partial charge in [0, 0.05) is 25.7 Å². The Bertz CT molecular complexity index is 926. The van der Waals surface area contributed by atoms with Crippen molar-refractivity contribution in [2.45, 2.75) is 19.3 Å². The van der Waals surface area contributed by atoms with E-state index in [0.717, 1.165) is 5.52 Å². The molecule has 3 heterocycles. The van der Waals surface area contributed by atoms with E-state index in [2.05, 4.69) is 4.98 Å². The summed E-state index contributed by atoms with van der Waals surface area (Å²) in [6.45, 7) is 0.409. The first-order chi connectivity index (χ1) is 11.1. The van der Waals surface area contributed by atoms with E-state index in [0.29, 0.717) is 36.5 Å². The van der Waals surface area contributed by atoms with Gasteiger partial charge in [0.2, 0.25) is 5.88 Å². The Balaban J connectivity index is 1.85. The maximum Gasteiger partial charge on any atom is 0.303 e. The molecule has 23 heavy (non-hydrogen) atoms. The van der Waals surface area contributed by atoms with Crippen LogP contribution in [-0.4, -0.2) is 31.6 Å². The number of hydrogen-bond donors (Lipinski definition) is 1. The molecule has 0 aliphatic rings. The van der Waals surface area contributed by atoms with Gasteiger partial charge in [-0.1, -0.05) is 0 Å². The van der Waals surface area contributed by atoms with Gasteiger partial charge in [-0.3, -0.25) is 14.0 Å². The number of hydrogen-bond acceptors (Lipinski definition) is 4. The summed E-state index contributed by atoms with van der Waals surface area (Å²) in [5.74, 6) is -0.341. The molecule has 0 aliphatic heterocycles. The summed E-state index contributed by atoms with van der Waals surface area (Å²) >= 11 is 0. The zero-order chi connectivity index (χ0) is 16.4. The van der Waals surface area contributed by atoms with Crippen LogP contribution in [0.3, 0.4) is 0 Å². The number of nitrogens with zero attached hydrogens (tertiary/aromatic N) is 3. The van der Waals surface area contributed by atoms with Crippen LogP contribution in [0.5, 0.6) is 5.88 Å². The minimum absolute atomic E-state index is 0.0772. The van der Waals surface area contributed by atoms with Gasteiger partial charge in [0.25, 0.3) is 5.56 Å². The van der Waals surface area contributed by atoms with Crippen molar-refractivity contribution < 1.29 is 14.6 Å². The molecule has 3 rings (SSSR count). The first kappa shape index (κ1) is 15.1. The van der Waals surface area contributed by atoms with Crippen molar-refractivity contribution in [2.75, 3.05) is 6.61 Å². The lowest BCUT2D eigenvalue weighted by atomic mass is 10.2.